The summed E-state index contributed by atoms with van der Waals surface area (Å²) in [4.78, 5) is 16.3. The maximum atomic E-state index is 12.2. The van der Waals surface area contributed by atoms with E-state index < -0.39 is 17.4 Å². The third kappa shape index (κ3) is 2.56. The summed E-state index contributed by atoms with van der Waals surface area (Å²) in [6.45, 7) is 0.0825. The first-order valence-corrected chi connectivity index (χ1v) is 3.75. The summed E-state index contributed by atoms with van der Waals surface area (Å²) in [5.74, 6) is -0.0349. The van der Waals surface area contributed by atoms with E-state index in [9.17, 15) is 18.0 Å². The van der Waals surface area contributed by atoms with E-state index in [1.165, 1.54) is 0 Å². The number of hydrogen-bond donors (Lipinski definition) is 2. The highest BCUT2D eigenvalue weighted by Gasteiger charge is 2.33. The molecule has 0 atom stereocenters. The molecule has 0 unspecified atom stereocenters. The van der Waals surface area contributed by atoms with E-state index in [-0.39, 0.29) is 12.4 Å². The first kappa shape index (κ1) is 10.7. The summed E-state index contributed by atoms with van der Waals surface area (Å²) < 4.78 is 36.5. The molecule has 1 heterocycles. The lowest BCUT2D eigenvalue weighted by atomic mass is 10.4. The molecule has 0 spiro atoms. The summed E-state index contributed by atoms with van der Waals surface area (Å²) in [6.07, 6.45) is -4.59. The van der Waals surface area contributed by atoms with E-state index >= 15 is 0 Å². The maximum absolute atomic E-state index is 12.2. The molecule has 0 aromatic carbocycles. The monoisotopic (exact) mass is 207 g/mol. The first-order chi connectivity index (χ1) is 6.43. The van der Waals surface area contributed by atoms with Crippen molar-refractivity contribution >= 4 is 0 Å². The molecule has 0 aliphatic rings. The van der Waals surface area contributed by atoms with Gasteiger partial charge in [-0.2, -0.15) is 13.2 Å². The average molecular weight is 207 g/mol. The van der Waals surface area contributed by atoms with Gasteiger partial charge >= 0.3 is 6.18 Å². The molecule has 1 aromatic rings. The van der Waals surface area contributed by atoms with Crippen molar-refractivity contribution in [3.05, 3.63) is 27.9 Å². The van der Waals surface area contributed by atoms with Crippen LogP contribution < -0.4 is 10.9 Å². The second-order valence-corrected chi connectivity index (χ2v) is 2.61. The maximum Gasteiger partial charge on any atom is 0.433 e. The highest BCUT2D eigenvalue weighted by atomic mass is 19.4. The largest absolute Gasteiger partial charge is 0.433 e. The Hall–Kier alpha value is -1.37. The van der Waals surface area contributed by atoms with Gasteiger partial charge in [0.05, 0.1) is 6.54 Å². The molecule has 0 saturated carbocycles. The van der Waals surface area contributed by atoms with E-state index in [1.807, 2.05) is 0 Å². The Morgan fingerprint density at radius 3 is 2.71 bits per heavy atom. The summed E-state index contributed by atoms with van der Waals surface area (Å²) in [5, 5.41) is 2.59. The summed E-state index contributed by atoms with van der Waals surface area (Å²) in [6, 6.07) is 0.430. The number of alkyl halides is 3. The molecule has 0 aliphatic carbocycles. The number of halogens is 3. The van der Waals surface area contributed by atoms with Crippen molar-refractivity contribution in [2.24, 2.45) is 0 Å². The van der Waals surface area contributed by atoms with Crippen LogP contribution in [0.15, 0.2) is 10.9 Å². The lowest BCUT2D eigenvalue weighted by Crippen LogP contribution is -2.21. The molecular weight excluding hydrogens is 199 g/mol. The third-order valence-electron chi connectivity index (χ3n) is 1.43. The van der Waals surface area contributed by atoms with Crippen LogP contribution in [0.2, 0.25) is 0 Å². The Morgan fingerprint density at radius 2 is 2.21 bits per heavy atom. The first-order valence-electron chi connectivity index (χ1n) is 3.75. The standard InChI is InChI=1S/C7H8F3N3O/c1-11-3-5-12-4(7(8,9)10)2-6(14)13-5/h2,11H,3H2,1H3,(H,12,13,14). The zero-order valence-electron chi connectivity index (χ0n) is 7.27. The molecule has 1 aromatic heterocycles. The number of rotatable bonds is 2. The highest BCUT2D eigenvalue weighted by Crippen LogP contribution is 2.26. The van der Waals surface area contributed by atoms with Crippen LogP contribution >= 0.6 is 0 Å². The molecule has 0 fully saturated rings. The number of H-pyrrole nitrogens is 1. The molecule has 0 radical (unpaired) electrons. The molecule has 78 valence electrons. The van der Waals surface area contributed by atoms with Crippen molar-refractivity contribution in [2.75, 3.05) is 7.05 Å². The quantitative estimate of drug-likeness (QED) is 0.742. The van der Waals surface area contributed by atoms with Crippen LogP contribution in [0, 0.1) is 0 Å². The van der Waals surface area contributed by atoms with Crippen LogP contribution in [0.3, 0.4) is 0 Å². The van der Waals surface area contributed by atoms with Crippen LogP contribution in [0.1, 0.15) is 11.5 Å². The van der Waals surface area contributed by atoms with Gasteiger partial charge in [0.1, 0.15) is 5.82 Å². The molecule has 14 heavy (non-hydrogen) atoms. The van der Waals surface area contributed by atoms with Crippen LogP contribution in [-0.4, -0.2) is 17.0 Å². The SMILES string of the molecule is CNCc1nc(C(F)(F)F)cc(=O)[nH]1. The minimum absolute atomic E-state index is 0.0349. The number of hydrogen-bond acceptors (Lipinski definition) is 3. The molecule has 1 rings (SSSR count). The fourth-order valence-corrected chi connectivity index (χ4v) is 0.904. The minimum atomic E-state index is -4.59. The van der Waals surface area contributed by atoms with E-state index in [0.717, 1.165) is 0 Å². The van der Waals surface area contributed by atoms with Crippen LogP contribution in [0.4, 0.5) is 13.2 Å². The molecular formula is C7H8F3N3O. The number of aromatic amines is 1. The van der Waals surface area contributed by atoms with E-state index in [2.05, 4.69) is 15.3 Å². The average Bonchev–Trinajstić information content (AvgIpc) is 2.02. The van der Waals surface area contributed by atoms with Crippen molar-refractivity contribution in [3.8, 4) is 0 Å². The van der Waals surface area contributed by atoms with Crippen LogP contribution in [0.25, 0.3) is 0 Å². The van der Waals surface area contributed by atoms with Gasteiger partial charge in [-0.15, -0.1) is 0 Å². The van der Waals surface area contributed by atoms with Crippen molar-refractivity contribution in [1.29, 1.82) is 0 Å². The van der Waals surface area contributed by atoms with Gasteiger partial charge in [-0.25, -0.2) is 4.98 Å². The van der Waals surface area contributed by atoms with Crippen molar-refractivity contribution < 1.29 is 13.2 Å². The van der Waals surface area contributed by atoms with Gasteiger partial charge in [-0.05, 0) is 7.05 Å². The Kier molecular flexibility index (Phi) is 2.90. The van der Waals surface area contributed by atoms with Gasteiger partial charge in [-0.3, -0.25) is 4.79 Å². The summed E-state index contributed by atoms with van der Waals surface area (Å²) >= 11 is 0. The second-order valence-electron chi connectivity index (χ2n) is 2.61. The molecule has 0 saturated heterocycles. The third-order valence-corrected chi connectivity index (χ3v) is 1.43. The lowest BCUT2D eigenvalue weighted by Gasteiger charge is -2.06. The van der Waals surface area contributed by atoms with E-state index in [1.54, 1.807) is 7.05 Å². The van der Waals surface area contributed by atoms with E-state index in [0.29, 0.717) is 6.07 Å². The minimum Gasteiger partial charge on any atom is -0.313 e. The van der Waals surface area contributed by atoms with E-state index in [4.69, 9.17) is 0 Å². The highest BCUT2D eigenvalue weighted by molar-refractivity contribution is 5.06. The van der Waals surface area contributed by atoms with Crippen LogP contribution in [0.5, 0.6) is 0 Å². The lowest BCUT2D eigenvalue weighted by molar-refractivity contribution is -0.141. The Balaban J connectivity index is 3.14. The van der Waals surface area contributed by atoms with Crippen molar-refractivity contribution in [1.82, 2.24) is 15.3 Å². The molecule has 0 bridgehead atoms. The predicted octanol–water partition coefficient (Wildman–Crippen LogP) is 0.508. The molecule has 2 N–H and O–H groups in total. The second kappa shape index (κ2) is 3.79. The molecule has 0 aliphatic heterocycles. The summed E-state index contributed by atoms with van der Waals surface area (Å²) in [5.41, 5.74) is -1.98. The topological polar surface area (TPSA) is 57.8 Å². The Labute approximate surface area is 77.2 Å². The number of nitrogens with one attached hydrogen (secondary N) is 2. The van der Waals surface area contributed by atoms with Gasteiger partial charge < -0.3 is 10.3 Å². The zero-order chi connectivity index (χ0) is 10.8. The fraction of sp³-hybridized carbons (Fsp3) is 0.429. The van der Waals surface area contributed by atoms with Crippen molar-refractivity contribution in [3.63, 3.8) is 0 Å². The van der Waals surface area contributed by atoms with Crippen LogP contribution in [-0.2, 0) is 12.7 Å². The van der Waals surface area contributed by atoms with Crippen molar-refractivity contribution in [2.45, 2.75) is 12.7 Å². The fourth-order valence-electron chi connectivity index (χ4n) is 0.904. The van der Waals surface area contributed by atoms with Gasteiger partial charge in [0.25, 0.3) is 5.56 Å². The van der Waals surface area contributed by atoms with Gasteiger partial charge in [0.2, 0.25) is 0 Å². The smallest absolute Gasteiger partial charge is 0.313 e. The molecule has 7 heteroatoms. The zero-order valence-corrected chi connectivity index (χ0v) is 7.27. The Morgan fingerprint density at radius 1 is 1.57 bits per heavy atom. The Bertz CT molecular complexity index is 371. The van der Waals surface area contributed by atoms with Gasteiger partial charge in [0, 0.05) is 6.07 Å². The molecule has 0 amide bonds. The van der Waals surface area contributed by atoms with Gasteiger partial charge in [-0.1, -0.05) is 0 Å². The normalized spacial score (nSPS) is 11.7. The van der Waals surface area contributed by atoms with Gasteiger partial charge in [0.15, 0.2) is 5.69 Å². The molecule has 4 nitrogen and oxygen atoms in total. The predicted molar refractivity (Wildman–Crippen MR) is 42.6 cm³/mol. The summed E-state index contributed by atoms with van der Waals surface area (Å²) in [7, 11) is 1.54. The number of aromatic nitrogens is 2. The number of nitrogens with zero attached hydrogens (tertiary/aromatic N) is 1.